The largest absolute Gasteiger partial charge is 0.377 e. The normalized spacial score (nSPS) is 14.6. The molecule has 4 nitrogen and oxygen atoms in total. The predicted molar refractivity (Wildman–Crippen MR) is 60.7 cm³/mol. The third-order valence-electron chi connectivity index (χ3n) is 2.90. The van der Waals surface area contributed by atoms with Crippen molar-refractivity contribution in [1.29, 1.82) is 0 Å². The summed E-state index contributed by atoms with van der Waals surface area (Å²) in [7, 11) is 1.70. The maximum absolute atomic E-state index is 13.2. The molecule has 0 aliphatic carbocycles. The molecule has 2 rings (SSSR count). The van der Waals surface area contributed by atoms with E-state index in [1.54, 1.807) is 19.2 Å². The van der Waals surface area contributed by atoms with Crippen LogP contribution in [0.3, 0.4) is 0 Å². The van der Waals surface area contributed by atoms with Gasteiger partial charge in [-0.15, -0.1) is 0 Å². The molecule has 0 aliphatic rings. The molecule has 0 aliphatic heterocycles. The second-order valence-corrected chi connectivity index (χ2v) is 3.93. The van der Waals surface area contributed by atoms with Crippen molar-refractivity contribution in [2.24, 2.45) is 7.05 Å². The van der Waals surface area contributed by atoms with Gasteiger partial charge in [0, 0.05) is 7.05 Å². The topological polar surface area (TPSA) is 50.9 Å². The Balaban J connectivity index is 2.55. The number of nitrogens with zero attached hydrogens (tertiary/aromatic N) is 3. The van der Waals surface area contributed by atoms with Crippen LogP contribution >= 0.6 is 0 Å². The quantitative estimate of drug-likeness (QED) is 0.879. The lowest BCUT2D eigenvalue weighted by Crippen LogP contribution is -2.30. The molecule has 1 N–H and O–H groups in total. The molecule has 1 aromatic heterocycles. The highest BCUT2D eigenvalue weighted by Gasteiger charge is 2.34. The van der Waals surface area contributed by atoms with Crippen LogP contribution in [0.5, 0.6) is 0 Å². The van der Waals surface area contributed by atoms with E-state index >= 15 is 0 Å². The fourth-order valence-corrected chi connectivity index (χ4v) is 1.91. The average molecular weight is 235 g/mol. The first kappa shape index (κ1) is 11.7. The zero-order valence-electron chi connectivity index (χ0n) is 9.76. The Morgan fingerprint density at radius 3 is 2.76 bits per heavy atom. The Morgan fingerprint density at radius 1 is 1.47 bits per heavy atom. The molecule has 0 amide bonds. The molecule has 17 heavy (non-hydrogen) atoms. The summed E-state index contributed by atoms with van der Waals surface area (Å²) in [6, 6.07) is 5.91. The predicted octanol–water partition coefficient (Wildman–Crippen LogP) is 1.60. The van der Waals surface area contributed by atoms with Crippen molar-refractivity contribution in [2.45, 2.75) is 18.9 Å². The van der Waals surface area contributed by atoms with Crippen LogP contribution in [0.2, 0.25) is 0 Å². The Hall–Kier alpha value is -1.75. The molecule has 2 aromatic rings. The van der Waals surface area contributed by atoms with E-state index in [9.17, 15) is 9.50 Å². The van der Waals surface area contributed by atoms with Crippen LogP contribution < -0.4 is 0 Å². The van der Waals surface area contributed by atoms with Crippen LogP contribution in [0.25, 0.3) is 0 Å². The van der Waals surface area contributed by atoms with Crippen molar-refractivity contribution in [3.63, 3.8) is 0 Å². The average Bonchev–Trinajstić information content (AvgIpc) is 2.75. The number of hydrogen-bond donors (Lipinski definition) is 1. The summed E-state index contributed by atoms with van der Waals surface area (Å²) in [5.41, 5.74) is -0.830. The van der Waals surface area contributed by atoms with E-state index in [1.807, 2.05) is 6.92 Å². The van der Waals surface area contributed by atoms with E-state index in [0.29, 0.717) is 17.8 Å². The lowest BCUT2D eigenvalue weighted by molar-refractivity contribution is 0.0627. The smallest absolute Gasteiger partial charge is 0.163 e. The zero-order chi connectivity index (χ0) is 12.5. The summed E-state index contributed by atoms with van der Waals surface area (Å²) in [5, 5.41) is 14.6. The van der Waals surface area contributed by atoms with Gasteiger partial charge >= 0.3 is 0 Å². The molecule has 5 heteroatoms. The summed E-state index contributed by atoms with van der Waals surface area (Å²) in [4.78, 5) is 4.04. The van der Waals surface area contributed by atoms with Gasteiger partial charge in [-0.25, -0.2) is 9.37 Å². The van der Waals surface area contributed by atoms with Gasteiger partial charge in [0.25, 0.3) is 0 Å². The molecule has 90 valence electrons. The Bertz CT molecular complexity index is 526. The van der Waals surface area contributed by atoms with Crippen molar-refractivity contribution in [3.05, 3.63) is 47.8 Å². The highest BCUT2D eigenvalue weighted by molar-refractivity contribution is 5.29. The van der Waals surface area contributed by atoms with Gasteiger partial charge in [-0.2, -0.15) is 5.10 Å². The first-order valence-corrected chi connectivity index (χ1v) is 5.41. The molecule has 1 aromatic carbocycles. The van der Waals surface area contributed by atoms with Gasteiger partial charge in [0.1, 0.15) is 17.7 Å². The maximum atomic E-state index is 13.2. The number of aromatic nitrogens is 3. The molecule has 1 unspecified atom stereocenters. The Morgan fingerprint density at radius 2 is 2.24 bits per heavy atom. The van der Waals surface area contributed by atoms with Crippen LogP contribution in [0, 0.1) is 5.82 Å². The molecule has 0 bridgehead atoms. The highest BCUT2D eigenvalue weighted by Crippen LogP contribution is 2.31. The summed E-state index contributed by atoms with van der Waals surface area (Å²) < 4.78 is 14.7. The van der Waals surface area contributed by atoms with Gasteiger partial charge in [0.05, 0.1) is 0 Å². The number of aliphatic hydroxyl groups is 1. The van der Waals surface area contributed by atoms with Crippen LogP contribution in [0.15, 0.2) is 30.6 Å². The maximum Gasteiger partial charge on any atom is 0.163 e. The molecule has 0 spiro atoms. The molecule has 1 heterocycles. The molecule has 0 radical (unpaired) electrons. The van der Waals surface area contributed by atoms with Crippen molar-refractivity contribution in [3.8, 4) is 0 Å². The molecule has 0 fully saturated rings. The SMILES string of the molecule is CCC(O)(c1cccc(F)c1)c1ncnn1C. The van der Waals surface area contributed by atoms with Crippen LogP contribution in [-0.4, -0.2) is 19.9 Å². The van der Waals surface area contributed by atoms with Gasteiger partial charge in [0.2, 0.25) is 0 Å². The van der Waals surface area contributed by atoms with Crippen LogP contribution in [-0.2, 0) is 12.6 Å². The molecule has 0 saturated carbocycles. The summed E-state index contributed by atoms with van der Waals surface area (Å²) in [6.45, 7) is 1.82. The minimum absolute atomic E-state index is 0.378. The zero-order valence-corrected chi connectivity index (χ0v) is 9.76. The lowest BCUT2D eigenvalue weighted by atomic mass is 9.90. The fourth-order valence-electron chi connectivity index (χ4n) is 1.91. The monoisotopic (exact) mass is 235 g/mol. The summed E-state index contributed by atoms with van der Waals surface area (Å²) in [5.74, 6) is 0.0298. The van der Waals surface area contributed by atoms with Crippen molar-refractivity contribution in [1.82, 2.24) is 14.8 Å². The fraction of sp³-hybridized carbons (Fsp3) is 0.333. The van der Waals surface area contributed by atoms with E-state index in [1.165, 1.54) is 23.1 Å². The first-order chi connectivity index (χ1) is 8.08. The molecule has 0 saturated heterocycles. The van der Waals surface area contributed by atoms with Crippen molar-refractivity contribution >= 4 is 0 Å². The third-order valence-corrected chi connectivity index (χ3v) is 2.90. The Labute approximate surface area is 98.7 Å². The van der Waals surface area contributed by atoms with Crippen LogP contribution in [0.4, 0.5) is 4.39 Å². The second-order valence-electron chi connectivity index (χ2n) is 3.93. The number of benzene rings is 1. The minimum Gasteiger partial charge on any atom is -0.377 e. The van der Waals surface area contributed by atoms with Gasteiger partial charge in [0.15, 0.2) is 5.82 Å². The van der Waals surface area contributed by atoms with Crippen molar-refractivity contribution < 1.29 is 9.50 Å². The van der Waals surface area contributed by atoms with E-state index in [0.717, 1.165) is 0 Å². The molecular formula is C12H14FN3O. The number of hydrogen-bond acceptors (Lipinski definition) is 3. The minimum atomic E-state index is -1.31. The van der Waals surface area contributed by atoms with Gasteiger partial charge in [-0.1, -0.05) is 19.1 Å². The summed E-state index contributed by atoms with van der Waals surface area (Å²) >= 11 is 0. The highest BCUT2D eigenvalue weighted by atomic mass is 19.1. The van der Waals surface area contributed by atoms with E-state index in [2.05, 4.69) is 10.1 Å². The molecule has 1 atom stereocenters. The number of halogens is 1. The van der Waals surface area contributed by atoms with E-state index in [-0.39, 0.29) is 5.82 Å². The van der Waals surface area contributed by atoms with Gasteiger partial charge in [-0.3, -0.25) is 4.68 Å². The number of rotatable bonds is 3. The first-order valence-electron chi connectivity index (χ1n) is 5.41. The summed E-state index contributed by atoms with van der Waals surface area (Å²) in [6.07, 6.45) is 1.76. The van der Waals surface area contributed by atoms with Gasteiger partial charge < -0.3 is 5.11 Å². The second kappa shape index (κ2) is 4.25. The van der Waals surface area contributed by atoms with Crippen LogP contribution in [0.1, 0.15) is 24.7 Å². The van der Waals surface area contributed by atoms with E-state index in [4.69, 9.17) is 0 Å². The standard InChI is InChI=1S/C12H14FN3O/c1-3-12(17,11-14-8-15-16(11)2)9-5-4-6-10(13)7-9/h4-8,17H,3H2,1-2H3. The van der Waals surface area contributed by atoms with Crippen molar-refractivity contribution in [2.75, 3.05) is 0 Å². The Kier molecular flexibility index (Phi) is 2.93. The molecular weight excluding hydrogens is 221 g/mol. The van der Waals surface area contributed by atoms with E-state index < -0.39 is 5.60 Å². The lowest BCUT2D eigenvalue weighted by Gasteiger charge is -2.26. The van der Waals surface area contributed by atoms with Gasteiger partial charge in [-0.05, 0) is 24.1 Å². The third kappa shape index (κ3) is 1.93. The number of aryl methyl sites for hydroxylation is 1.